The Balaban J connectivity index is 1.61. The Morgan fingerprint density at radius 1 is 1.08 bits per heavy atom. The lowest BCUT2D eigenvalue weighted by molar-refractivity contribution is 0.0499. The van der Waals surface area contributed by atoms with E-state index in [0.29, 0.717) is 30.0 Å². The number of benzene rings is 1. The van der Waals surface area contributed by atoms with Crippen LogP contribution < -0.4 is 0 Å². The molecule has 0 aliphatic carbocycles. The van der Waals surface area contributed by atoms with Crippen molar-refractivity contribution < 1.29 is 14.1 Å². The number of esters is 1. The number of nitrogens with zero attached hydrogens (tertiary/aromatic N) is 2. The number of hydrogen-bond acceptors (Lipinski definition) is 5. The summed E-state index contributed by atoms with van der Waals surface area (Å²) >= 11 is 0. The molecule has 0 saturated heterocycles. The van der Waals surface area contributed by atoms with Gasteiger partial charge in [-0.05, 0) is 38.8 Å². The minimum absolute atomic E-state index is 0.327. The molecule has 0 bridgehead atoms. The second-order valence-electron chi connectivity index (χ2n) is 5.84. The molecule has 0 fully saturated rings. The number of rotatable bonds is 6. The number of carbonyl (C=O) groups is 1. The predicted molar refractivity (Wildman–Crippen MR) is 94.3 cm³/mol. The minimum atomic E-state index is -0.408. The Bertz CT molecular complexity index is 856. The second kappa shape index (κ2) is 7.75. The smallest absolute Gasteiger partial charge is 0.344 e. The molecule has 0 N–H and O–H groups in total. The van der Waals surface area contributed by atoms with E-state index in [1.165, 1.54) is 0 Å². The zero-order chi connectivity index (χ0) is 17.6. The van der Waals surface area contributed by atoms with Crippen LogP contribution in [0.5, 0.6) is 0 Å². The van der Waals surface area contributed by atoms with Crippen LogP contribution in [0.2, 0.25) is 0 Å². The Morgan fingerprint density at radius 2 is 1.88 bits per heavy atom. The van der Waals surface area contributed by atoms with E-state index in [4.69, 9.17) is 9.26 Å². The normalized spacial score (nSPS) is 10.6. The number of carbonyl (C=O) groups excluding carboxylic acids is 1. The van der Waals surface area contributed by atoms with Crippen LogP contribution in [0.4, 0.5) is 0 Å². The van der Waals surface area contributed by atoms with E-state index in [9.17, 15) is 4.79 Å². The van der Waals surface area contributed by atoms with Gasteiger partial charge in [-0.25, -0.2) is 4.79 Å². The van der Waals surface area contributed by atoms with Crippen LogP contribution in [-0.2, 0) is 11.2 Å². The molecule has 3 rings (SSSR count). The molecule has 0 spiro atoms. The topological polar surface area (TPSA) is 65.2 Å². The van der Waals surface area contributed by atoms with E-state index >= 15 is 0 Å². The molecule has 5 nitrogen and oxygen atoms in total. The molecule has 5 heteroatoms. The van der Waals surface area contributed by atoms with Crippen molar-refractivity contribution in [3.05, 3.63) is 71.2 Å². The molecule has 2 aromatic heterocycles. The minimum Gasteiger partial charge on any atom is -0.462 e. The van der Waals surface area contributed by atoms with Crippen LogP contribution >= 0.6 is 0 Å². The average Bonchev–Trinajstić information content (AvgIpc) is 3.01. The van der Waals surface area contributed by atoms with Crippen LogP contribution in [0, 0.1) is 13.8 Å². The maximum atomic E-state index is 12.4. The van der Waals surface area contributed by atoms with Crippen molar-refractivity contribution in [2.24, 2.45) is 0 Å². The quantitative estimate of drug-likeness (QED) is 0.500. The third kappa shape index (κ3) is 4.12. The van der Waals surface area contributed by atoms with E-state index in [2.05, 4.69) is 10.1 Å². The maximum absolute atomic E-state index is 12.4. The molecule has 0 radical (unpaired) electrons. The highest BCUT2D eigenvalue weighted by molar-refractivity contribution is 5.97. The van der Waals surface area contributed by atoms with Gasteiger partial charge in [0.05, 0.1) is 6.61 Å². The summed E-state index contributed by atoms with van der Waals surface area (Å²) < 4.78 is 10.6. The van der Waals surface area contributed by atoms with Crippen molar-refractivity contribution in [3.8, 4) is 11.3 Å². The molecule has 0 aliphatic heterocycles. The molecule has 0 unspecified atom stereocenters. The molecule has 25 heavy (non-hydrogen) atoms. The summed E-state index contributed by atoms with van der Waals surface area (Å²) in [5.74, 6) is 0.0546. The Kier molecular flexibility index (Phi) is 5.23. The third-order valence-corrected chi connectivity index (χ3v) is 3.87. The highest BCUT2D eigenvalue weighted by Gasteiger charge is 2.22. The van der Waals surface area contributed by atoms with Crippen LogP contribution in [0.1, 0.15) is 33.9 Å². The number of hydrogen-bond donors (Lipinski definition) is 0. The van der Waals surface area contributed by atoms with Crippen molar-refractivity contribution in [2.75, 3.05) is 6.61 Å². The van der Waals surface area contributed by atoms with Crippen LogP contribution in [0.3, 0.4) is 0 Å². The number of aryl methyl sites for hydroxylation is 3. The summed E-state index contributed by atoms with van der Waals surface area (Å²) in [4.78, 5) is 16.9. The maximum Gasteiger partial charge on any atom is 0.344 e. The first-order chi connectivity index (χ1) is 12.1. The molecular weight excluding hydrogens is 316 g/mol. The van der Waals surface area contributed by atoms with Crippen LogP contribution in [-0.4, -0.2) is 22.7 Å². The van der Waals surface area contributed by atoms with Gasteiger partial charge in [0.1, 0.15) is 17.0 Å². The summed E-state index contributed by atoms with van der Waals surface area (Å²) in [7, 11) is 0. The predicted octanol–water partition coefficient (Wildman–Crippen LogP) is 4.14. The fourth-order valence-corrected chi connectivity index (χ4v) is 2.63. The van der Waals surface area contributed by atoms with Crippen molar-refractivity contribution in [1.29, 1.82) is 0 Å². The van der Waals surface area contributed by atoms with Gasteiger partial charge in [0.15, 0.2) is 0 Å². The molecule has 2 heterocycles. The zero-order valence-corrected chi connectivity index (χ0v) is 14.4. The van der Waals surface area contributed by atoms with Crippen molar-refractivity contribution >= 4 is 5.97 Å². The fraction of sp³-hybridized carbons (Fsp3) is 0.250. The molecule has 128 valence electrons. The molecule has 0 saturated carbocycles. The van der Waals surface area contributed by atoms with E-state index < -0.39 is 5.97 Å². The summed E-state index contributed by atoms with van der Waals surface area (Å²) in [6.07, 6.45) is 1.48. The van der Waals surface area contributed by atoms with Gasteiger partial charge in [-0.2, -0.15) is 0 Å². The lowest BCUT2D eigenvalue weighted by atomic mass is 10.1. The van der Waals surface area contributed by atoms with Crippen molar-refractivity contribution in [2.45, 2.75) is 26.7 Å². The van der Waals surface area contributed by atoms with Gasteiger partial charge in [-0.1, -0.05) is 41.6 Å². The first-order valence-corrected chi connectivity index (χ1v) is 8.26. The molecule has 0 atom stereocenters. The average molecular weight is 336 g/mol. The number of ether oxygens (including phenoxy) is 1. The van der Waals surface area contributed by atoms with Gasteiger partial charge < -0.3 is 9.26 Å². The van der Waals surface area contributed by atoms with Gasteiger partial charge in [0.2, 0.25) is 0 Å². The first-order valence-electron chi connectivity index (χ1n) is 8.26. The van der Waals surface area contributed by atoms with Gasteiger partial charge in [-0.3, -0.25) is 4.98 Å². The van der Waals surface area contributed by atoms with Crippen LogP contribution in [0.15, 0.2) is 53.1 Å². The fourth-order valence-electron chi connectivity index (χ4n) is 2.63. The lowest BCUT2D eigenvalue weighted by Crippen LogP contribution is -2.09. The summed E-state index contributed by atoms with van der Waals surface area (Å²) in [6.45, 7) is 4.00. The van der Waals surface area contributed by atoms with Crippen LogP contribution in [0.25, 0.3) is 11.3 Å². The summed E-state index contributed by atoms with van der Waals surface area (Å²) in [5.41, 5.74) is 3.72. The van der Waals surface area contributed by atoms with Crippen molar-refractivity contribution in [3.63, 3.8) is 0 Å². The first kappa shape index (κ1) is 16.9. The Labute approximate surface area is 146 Å². The second-order valence-corrected chi connectivity index (χ2v) is 5.84. The number of pyridine rings is 1. The SMILES string of the molecule is Cc1cccc(CCCOC(=O)c2c(-c3ccccc3)noc2C)n1. The van der Waals surface area contributed by atoms with E-state index in [1.807, 2.05) is 55.5 Å². The molecule has 0 aliphatic rings. The van der Waals surface area contributed by atoms with E-state index in [0.717, 1.165) is 23.4 Å². The Hall–Kier alpha value is -2.95. The van der Waals surface area contributed by atoms with Gasteiger partial charge in [0, 0.05) is 17.0 Å². The van der Waals surface area contributed by atoms with E-state index in [1.54, 1.807) is 6.92 Å². The zero-order valence-electron chi connectivity index (χ0n) is 14.4. The monoisotopic (exact) mass is 336 g/mol. The molecular formula is C20H20N2O3. The molecule has 0 amide bonds. The molecule has 1 aromatic carbocycles. The number of aromatic nitrogens is 2. The van der Waals surface area contributed by atoms with Gasteiger partial charge in [0.25, 0.3) is 0 Å². The largest absolute Gasteiger partial charge is 0.462 e. The van der Waals surface area contributed by atoms with Gasteiger partial charge in [-0.15, -0.1) is 0 Å². The molecule has 3 aromatic rings. The Morgan fingerprint density at radius 3 is 2.64 bits per heavy atom. The highest BCUT2D eigenvalue weighted by Crippen LogP contribution is 2.25. The summed E-state index contributed by atoms with van der Waals surface area (Å²) in [5, 5.41) is 4.01. The highest BCUT2D eigenvalue weighted by atomic mass is 16.5. The standard InChI is InChI=1S/C20H20N2O3/c1-14-8-6-11-17(21-14)12-7-13-24-20(23)18-15(2)25-22-19(18)16-9-4-3-5-10-16/h3-6,8-11H,7,12-13H2,1-2H3. The van der Waals surface area contributed by atoms with E-state index in [-0.39, 0.29) is 0 Å². The van der Waals surface area contributed by atoms with Gasteiger partial charge >= 0.3 is 5.97 Å². The lowest BCUT2D eigenvalue weighted by Gasteiger charge is -2.06. The van der Waals surface area contributed by atoms with Crippen molar-refractivity contribution in [1.82, 2.24) is 10.1 Å². The summed E-state index contributed by atoms with van der Waals surface area (Å²) in [6, 6.07) is 15.4. The third-order valence-electron chi connectivity index (χ3n) is 3.87.